The normalized spacial score (nSPS) is 11.4. The Morgan fingerprint density at radius 2 is 1.96 bits per heavy atom. The number of aliphatic imine (C=N–C) groups is 1. The fraction of sp³-hybridized carbons (Fsp3) is 0.556. The summed E-state index contributed by atoms with van der Waals surface area (Å²) in [5.41, 5.74) is 0.444. The summed E-state index contributed by atoms with van der Waals surface area (Å²) in [6.07, 6.45) is 0.336. The zero-order valence-corrected chi connectivity index (χ0v) is 16.7. The molecule has 0 fully saturated rings. The summed E-state index contributed by atoms with van der Waals surface area (Å²) in [6.45, 7) is 5.32. The van der Waals surface area contributed by atoms with Crippen molar-refractivity contribution in [3.63, 3.8) is 0 Å². The molecule has 0 aliphatic heterocycles. The van der Waals surface area contributed by atoms with Gasteiger partial charge in [0.05, 0.1) is 6.54 Å². The molecule has 0 saturated heterocycles. The topological polar surface area (TPSA) is 66.0 Å². The Hall–Kier alpha value is -2.09. The van der Waals surface area contributed by atoms with Crippen LogP contribution in [0.2, 0.25) is 5.02 Å². The van der Waals surface area contributed by atoms with Crippen molar-refractivity contribution in [1.82, 2.24) is 15.5 Å². The van der Waals surface area contributed by atoms with Crippen LogP contribution in [0.5, 0.6) is 5.75 Å². The van der Waals surface area contributed by atoms with E-state index in [1.54, 1.807) is 4.90 Å². The highest BCUT2D eigenvalue weighted by atomic mass is 35.5. The number of carbonyl (C=O) groups is 1. The van der Waals surface area contributed by atoms with Crippen molar-refractivity contribution in [2.75, 3.05) is 26.2 Å². The van der Waals surface area contributed by atoms with Crippen LogP contribution < -0.4 is 15.4 Å². The Morgan fingerprint density at radius 1 is 1.26 bits per heavy atom. The van der Waals surface area contributed by atoms with Crippen molar-refractivity contribution in [2.45, 2.75) is 40.3 Å². The van der Waals surface area contributed by atoms with Crippen LogP contribution in [-0.4, -0.2) is 49.6 Å². The van der Waals surface area contributed by atoms with Gasteiger partial charge in [-0.25, -0.2) is 4.99 Å². The fourth-order valence-corrected chi connectivity index (χ4v) is 2.61. The fourth-order valence-electron chi connectivity index (χ4n) is 2.41. The highest BCUT2D eigenvalue weighted by molar-refractivity contribution is 6.30. The molecule has 0 radical (unpaired) electrons. The molecule has 1 aromatic rings. The maximum absolute atomic E-state index is 12.5. The Bertz CT molecular complexity index is 625. The molecule has 0 bridgehead atoms. The molecule has 1 aromatic carbocycles. The van der Waals surface area contributed by atoms with Crippen molar-refractivity contribution in [3.05, 3.63) is 28.8 Å². The standard InChI is InChI=1S/C18H27ClF2N4O2/c1-4-22-18(23-10-9-16(26)25(5-2)6-3)24-12-13-11-14(19)7-8-15(13)27-17(20)21/h7-8,11,17H,4-6,9-10,12H2,1-3H3,(H2,22,23,24). The molecular formula is C18H27ClF2N4O2. The summed E-state index contributed by atoms with van der Waals surface area (Å²) in [5, 5.41) is 6.53. The second-order valence-corrected chi connectivity index (χ2v) is 6.00. The summed E-state index contributed by atoms with van der Waals surface area (Å²) in [4.78, 5) is 18.1. The van der Waals surface area contributed by atoms with Gasteiger partial charge in [-0.1, -0.05) is 11.6 Å². The molecule has 152 valence electrons. The minimum atomic E-state index is -2.92. The lowest BCUT2D eigenvalue weighted by molar-refractivity contribution is -0.130. The third-order valence-corrected chi connectivity index (χ3v) is 3.97. The highest BCUT2D eigenvalue weighted by Crippen LogP contribution is 2.25. The number of amides is 1. The molecule has 27 heavy (non-hydrogen) atoms. The van der Waals surface area contributed by atoms with Crippen LogP contribution in [0.4, 0.5) is 8.78 Å². The number of ether oxygens (including phenoxy) is 1. The molecule has 0 aromatic heterocycles. The molecule has 2 N–H and O–H groups in total. The van der Waals surface area contributed by atoms with Crippen molar-refractivity contribution < 1.29 is 18.3 Å². The van der Waals surface area contributed by atoms with E-state index in [9.17, 15) is 13.6 Å². The van der Waals surface area contributed by atoms with Crippen LogP contribution >= 0.6 is 11.6 Å². The lowest BCUT2D eigenvalue weighted by Crippen LogP contribution is -2.40. The molecule has 0 unspecified atom stereocenters. The van der Waals surface area contributed by atoms with Gasteiger partial charge in [-0.05, 0) is 39.0 Å². The number of rotatable bonds is 10. The number of nitrogens with zero attached hydrogens (tertiary/aromatic N) is 2. The Labute approximate surface area is 163 Å². The van der Waals surface area contributed by atoms with Gasteiger partial charge in [0, 0.05) is 43.2 Å². The molecule has 0 spiro atoms. The van der Waals surface area contributed by atoms with Gasteiger partial charge in [-0.2, -0.15) is 8.78 Å². The first-order valence-electron chi connectivity index (χ1n) is 8.94. The monoisotopic (exact) mass is 404 g/mol. The number of benzene rings is 1. The molecule has 0 heterocycles. The predicted octanol–water partition coefficient (Wildman–Crippen LogP) is 3.26. The minimum absolute atomic E-state index is 0.0331. The number of alkyl halides is 2. The summed E-state index contributed by atoms with van der Waals surface area (Å²) < 4.78 is 29.6. The Balaban J connectivity index is 2.73. The van der Waals surface area contributed by atoms with Crippen molar-refractivity contribution >= 4 is 23.5 Å². The third-order valence-electron chi connectivity index (χ3n) is 3.74. The number of nitrogens with one attached hydrogen (secondary N) is 2. The Morgan fingerprint density at radius 3 is 2.56 bits per heavy atom. The van der Waals surface area contributed by atoms with Crippen LogP contribution in [0.15, 0.2) is 23.2 Å². The smallest absolute Gasteiger partial charge is 0.387 e. The first-order valence-corrected chi connectivity index (χ1v) is 9.32. The number of halogens is 3. The first-order chi connectivity index (χ1) is 12.9. The highest BCUT2D eigenvalue weighted by Gasteiger charge is 2.11. The average Bonchev–Trinajstić information content (AvgIpc) is 2.62. The Kier molecular flexibility index (Phi) is 10.5. The van der Waals surface area contributed by atoms with Crippen LogP contribution in [-0.2, 0) is 11.3 Å². The quantitative estimate of drug-likeness (QED) is 0.464. The van der Waals surface area contributed by atoms with E-state index in [4.69, 9.17) is 11.6 Å². The van der Waals surface area contributed by atoms with Gasteiger partial charge in [0.2, 0.25) is 5.91 Å². The minimum Gasteiger partial charge on any atom is -0.434 e. The third kappa shape index (κ3) is 8.43. The van der Waals surface area contributed by atoms with E-state index in [0.717, 1.165) is 0 Å². The SMILES string of the molecule is CCNC(=NCc1cc(Cl)ccc1OC(F)F)NCCC(=O)N(CC)CC. The largest absolute Gasteiger partial charge is 0.434 e. The zero-order valence-electron chi connectivity index (χ0n) is 15.9. The zero-order chi connectivity index (χ0) is 20.2. The molecule has 1 rings (SSSR count). The van der Waals surface area contributed by atoms with E-state index in [1.807, 2.05) is 20.8 Å². The number of hydrogen-bond donors (Lipinski definition) is 2. The molecular weight excluding hydrogens is 378 g/mol. The lowest BCUT2D eigenvalue weighted by atomic mass is 10.2. The maximum atomic E-state index is 12.5. The summed E-state index contributed by atoms with van der Waals surface area (Å²) in [6, 6.07) is 4.41. The second kappa shape index (κ2) is 12.3. The van der Waals surface area contributed by atoms with Crippen LogP contribution in [0.1, 0.15) is 32.8 Å². The summed E-state index contributed by atoms with van der Waals surface area (Å²) >= 11 is 5.94. The van der Waals surface area contributed by atoms with Crippen LogP contribution in [0.25, 0.3) is 0 Å². The van der Waals surface area contributed by atoms with E-state index in [2.05, 4.69) is 20.4 Å². The van der Waals surface area contributed by atoms with E-state index >= 15 is 0 Å². The molecule has 0 aliphatic rings. The van der Waals surface area contributed by atoms with Crippen molar-refractivity contribution in [2.24, 2.45) is 4.99 Å². The van der Waals surface area contributed by atoms with Gasteiger partial charge >= 0.3 is 6.61 Å². The number of carbonyl (C=O) groups excluding carboxylic acids is 1. The number of hydrogen-bond acceptors (Lipinski definition) is 3. The van der Waals surface area contributed by atoms with Gasteiger partial charge in [0.15, 0.2) is 5.96 Å². The van der Waals surface area contributed by atoms with E-state index in [0.29, 0.717) is 49.1 Å². The maximum Gasteiger partial charge on any atom is 0.387 e. The average molecular weight is 405 g/mol. The second-order valence-electron chi connectivity index (χ2n) is 5.57. The van der Waals surface area contributed by atoms with Gasteiger partial charge in [-0.3, -0.25) is 4.79 Å². The van der Waals surface area contributed by atoms with Crippen molar-refractivity contribution in [1.29, 1.82) is 0 Å². The van der Waals surface area contributed by atoms with Crippen molar-refractivity contribution in [3.8, 4) is 5.75 Å². The molecule has 0 aliphatic carbocycles. The van der Waals surface area contributed by atoms with Crippen LogP contribution in [0, 0.1) is 0 Å². The van der Waals surface area contributed by atoms with E-state index in [-0.39, 0.29) is 18.2 Å². The molecule has 0 saturated carbocycles. The summed E-state index contributed by atoms with van der Waals surface area (Å²) in [7, 11) is 0. The van der Waals surface area contributed by atoms with E-state index < -0.39 is 6.61 Å². The van der Waals surface area contributed by atoms with Gasteiger partial charge in [-0.15, -0.1) is 0 Å². The van der Waals surface area contributed by atoms with Gasteiger partial charge in [0.25, 0.3) is 0 Å². The first kappa shape index (κ1) is 23.0. The molecule has 6 nitrogen and oxygen atoms in total. The molecule has 0 atom stereocenters. The van der Waals surface area contributed by atoms with Gasteiger partial charge in [0.1, 0.15) is 5.75 Å². The summed E-state index contributed by atoms with van der Waals surface area (Å²) in [5.74, 6) is 0.573. The predicted molar refractivity (Wildman–Crippen MR) is 103 cm³/mol. The molecule has 1 amide bonds. The van der Waals surface area contributed by atoms with E-state index in [1.165, 1.54) is 18.2 Å². The lowest BCUT2D eigenvalue weighted by Gasteiger charge is -2.19. The molecule has 9 heteroatoms. The van der Waals surface area contributed by atoms with Crippen LogP contribution in [0.3, 0.4) is 0 Å². The number of guanidine groups is 1. The van der Waals surface area contributed by atoms with Gasteiger partial charge < -0.3 is 20.3 Å².